The molecule has 0 saturated heterocycles. The molecule has 0 fully saturated rings. The number of benzene rings is 1. The Bertz CT molecular complexity index is 813. The number of hydrogen-bond donors (Lipinski definition) is 0. The molecule has 23 heavy (non-hydrogen) atoms. The van der Waals surface area contributed by atoms with E-state index in [-0.39, 0.29) is 5.25 Å². The lowest BCUT2D eigenvalue weighted by Gasteiger charge is -2.09. The number of aryl methyl sites for hydroxylation is 1. The predicted molar refractivity (Wildman–Crippen MR) is 94.5 cm³/mol. The van der Waals surface area contributed by atoms with Crippen molar-refractivity contribution in [3.8, 4) is 16.8 Å². The number of nitriles is 1. The van der Waals surface area contributed by atoms with Crippen LogP contribution in [0.1, 0.15) is 11.1 Å². The highest BCUT2D eigenvalue weighted by Gasteiger charge is 2.17. The van der Waals surface area contributed by atoms with Crippen molar-refractivity contribution in [2.24, 2.45) is 7.05 Å². The van der Waals surface area contributed by atoms with Gasteiger partial charge in [0.1, 0.15) is 5.25 Å². The molecule has 3 rings (SSSR count). The SMILES string of the molecule is Cc1ccc(C[C@H](C#N)Sc2nnc(-c3cccs3)n2C)cc1. The number of rotatable bonds is 5. The number of thiophene rings is 1. The summed E-state index contributed by atoms with van der Waals surface area (Å²) in [6.07, 6.45) is 0.697. The molecule has 0 spiro atoms. The first kappa shape index (κ1) is 15.8. The number of aromatic nitrogens is 3. The molecule has 0 saturated carbocycles. The van der Waals surface area contributed by atoms with Crippen molar-refractivity contribution in [1.82, 2.24) is 14.8 Å². The van der Waals surface area contributed by atoms with Crippen LogP contribution in [0, 0.1) is 18.3 Å². The molecule has 0 aliphatic heterocycles. The maximum Gasteiger partial charge on any atom is 0.192 e. The maximum absolute atomic E-state index is 9.46. The van der Waals surface area contributed by atoms with Gasteiger partial charge in [0.15, 0.2) is 11.0 Å². The summed E-state index contributed by atoms with van der Waals surface area (Å²) in [5.74, 6) is 0.842. The summed E-state index contributed by atoms with van der Waals surface area (Å²) in [6, 6.07) is 14.7. The summed E-state index contributed by atoms with van der Waals surface area (Å²) in [5.41, 5.74) is 2.39. The molecule has 0 aliphatic carbocycles. The van der Waals surface area contributed by atoms with Crippen molar-refractivity contribution in [2.45, 2.75) is 23.8 Å². The summed E-state index contributed by atoms with van der Waals surface area (Å²) < 4.78 is 1.95. The van der Waals surface area contributed by atoms with Crippen molar-refractivity contribution < 1.29 is 0 Å². The van der Waals surface area contributed by atoms with Crippen LogP contribution in [-0.2, 0) is 13.5 Å². The molecule has 1 atom stereocenters. The first-order valence-electron chi connectivity index (χ1n) is 7.22. The average Bonchev–Trinajstić information content (AvgIpc) is 3.19. The Morgan fingerprint density at radius 1 is 1.26 bits per heavy atom. The molecule has 0 radical (unpaired) electrons. The van der Waals surface area contributed by atoms with Gasteiger partial charge in [0, 0.05) is 7.05 Å². The summed E-state index contributed by atoms with van der Waals surface area (Å²) >= 11 is 3.10. The fourth-order valence-electron chi connectivity index (χ4n) is 2.22. The minimum Gasteiger partial charge on any atom is -0.304 e. The van der Waals surface area contributed by atoms with Gasteiger partial charge in [0.05, 0.1) is 10.9 Å². The van der Waals surface area contributed by atoms with E-state index in [2.05, 4.69) is 47.5 Å². The number of nitrogens with zero attached hydrogens (tertiary/aromatic N) is 4. The molecule has 4 nitrogen and oxygen atoms in total. The van der Waals surface area contributed by atoms with Gasteiger partial charge in [-0.25, -0.2) is 0 Å². The lowest BCUT2D eigenvalue weighted by Crippen LogP contribution is -2.06. The minimum atomic E-state index is -0.184. The number of thioether (sulfide) groups is 1. The summed E-state index contributed by atoms with van der Waals surface area (Å²) in [6.45, 7) is 2.06. The van der Waals surface area contributed by atoms with Gasteiger partial charge in [0.25, 0.3) is 0 Å². The number of hydrogen-bond acceptors (Lipinski definition) is 5. The zero-order chi connectivity index (χ0) is 16.2. The quantitative estimate of drug-likeness (QED) is 0.657. The van der Waals surface area contributed by atoms with Crippen molar-refractivity contribution in [2.75, 3.05) is 0 Å². The Morgan fingerprint density at radius 3 is 2.70 bits per heavy atom. The Labute approximate surface area is 143 Å². The van der Waals surface area contributed by atoms with Gasteiger partial charge in [-0.2, -0.15) is 5.26 Å². The van der Waals surface area contributed by atoms with E-state index in [1.54, 1.807) is 11.3 Å². The van der Waals surface area contributed by atoms with Crippen LogP contribution < -0.4 is 0 Å². The van der Waals surface area contributed by atoms with E-state index in [0.29, 0.717) is 6.42 Å². The van der Waals surface area contributed by atoms with Gasteiger partial charge in [-0.3, -0.25) is 0 Å². The third-order valence-corrected chi connectivity index (χ3v) is 5.50. The van der Waals surface area contributed by atoms with Gasteiger partial charge >= 0.3 is 0 Å². The first-order chi connectivity index (χ1) is 11.2. The molecule has 0 bridgehead atoms. The Balaban J connectivity index is 1.75. The molecule has 1 aromatic carbocycles. The Morgan fingerprint density at radius 2 is 2.04 bits per heavy atom. The summed E-state index contributed by atoms with van der Waals surface area (Å²) in [7, 11) is 1.94. The fourth-order valence-corrected chi connectivity index (χ4v) is 3.88. The smallest absolute Gasteiger partial charge is 0.192 e. The first-order valence-corrected chi connectivity index (χ1v) is 8.98. The molecule has 0 unspecified atom stereocenters. The molecule has 2 aromatic heterocycles. The van der Waals surface area contributed by atoms with Crippen LogP contribution in [-0.4, -0.2) is 20.0 Å². The van der Waals surface area contributed by atoms with Crippen LogP contribution in [0.15, 0.2) is 46.9 Å². The topological polar surface area (TPSA) is 54.5 Å². The van der Waals surface area contributed by atoms with Crippen molar-refractivity contribution in [3.63, 3.8) is 0 Å². The largest absolute Gasteiger partial charge is 0.304 e. The van der Waals surface area contributed by atoms with E-state index in [1.807, 2.05) is 29.1 Å². The van der Waals surface area contributed by atoms with E-state index in [0.717, 1.165) is 21.4 Å². The van der Waals surface area contributed by atoms with Gasteiger partial charge in [-0.15, -0.1) is 21.5 Å². The standard InChI is InChI=1S/C17H16N4S2/c1-12-5-7-13(8-6-12)10-14(11-18)23-17-20-19-16(21(17)2)15-4-3-9-22-15/h3-9,14H,10H2,1-2H3/t14-/m1/s1. The average molecular weight is 340 g/mol. The van der Waals surface area contributed by atoms with E-state index in [1.165, 1.54) is 17.3 Å². The molecule has 6 heteroatoms. The molecule has 2 heterocycles. The highest BCUT2D eigenvalue weighted by molar-refractivity contribution is 8.00. The van der Waals surface area contributed by atoms with Gasteiger partial charge in [-0.1, -0.05) is 47.7 Å². The van der Waals surface area contributed by atoms with Crippen LogP contribution in [0.4, 0.5) is 0 Å². The summed E-state index contributed by atoms with van der Waals surface area (Å²) in [4.78, 5) is 1.08. The van der Waals surface area contributed by atoms with Gasteiger partial charge in [-0.05, 0) is 30.4 Å². The monoisotopic (exact) mass is 340 g/mol. The lowest BCUT2D eigenvalue weighted by atomic mass is 10.1. The second-order valence-electron chi connectivity index (χ2n) is 5.27. The van der Waals surface area contributed by atoms with Crippen LogP contribution >= 0.6 is 23.1 Å². The Hall–Kier alpha value is -2.10. The summed E-state index contributed by atoms with van der Waals surface area (Å²) in [5, 5.41) is 20.6. The van der Waals surface area contributed by atoms with Gasteiger partial charge in [0.2, 0.25) is 0 Å². The fraction of sp³-hybridized carbons (Fsp3) is 0.235. The zero-order valence-electron chi connectivity index (χ0n) is 12.9. The molecule has 0 amide bonds. The molecular formula is C17H16N4S2. The highest BCUT2D eigenvalue weighted by Crippen LogP contribution is 2.29. The molecular weight excluding hydrogens is 324 g/mol. The van der Waals surface area contributed by atoms with E-state index < -0.39 is 0 Å². The predicted octanol–water partition coefficient (Wildman–Crippen LogP) is 4.08. The van der Waals surface area contributed by atoms with E-state index >= 15 is 0 Å². The van der Waals surface area contributed by atoms with Crippen molar-refractivity contribution in [3.05, 3.63) is 52.9 Å². The van der Waals surface area contributed by atoms with Crippen molar-refractivity contribution in [1.29, 1.82) is 5.26 Å². The van der Waals surface area contributed by atoms with Crippen molar-refractivity contribution >= 4 is 23.1 Å². The normalized spacial score (nSPS) is 12.0. The molecule has 3 aromatic rings. The molecule has 116 valence electrons. The van der Waals surface area contributed by atoms with E-state index in [4.69, 9.17) is 0 Å². The second kappa shape index (κ2) is 6.99. The van der Waals surface area contributed by atoms with E-state index in [9.17, 15) is 5.26 Å². The van der Waals surface area contributed by atoms with Crippen LogP contribution in [0.25, 0.3) is 10.7 Å². The van der Waals surface area contributed by atoms with Crippen LogP contribution in [0.3, 0.4) is 0 Å². The lowest BCUT2D eigenvalue weighted by molar-refractivity contribution is 0.791. The maximum atomic E-state index is 9.46. The molecule has 0 N–H and O–H groups in total. The van der Waals surface area contributed by atoms with Crippen LogP contribution in [0.2, 0.25) is 0 Å². The van der Waals surface area contributed by atoms with Crippen LogP contribution in [0.5, 0.6) is 0 Å². The van der Waals surface area contributed by atoms with Gasteiger partial charge < -0.3 is 4.57 Å². The zero-order valence-corrected chi connectivity index (χ0v) is 14.6. The third-order valence-electron chi connectivity index (χ3n) is 3.51. The third kappa shape index (κ3) is 3.63. The highest BCUT2D eigenvalue weighted by atomic mass is 32.2. The minimum absolute atomic E-state index is 0.184. The molecule has 0 aliphatic rings. The second-order valence-corrected chi connectivity index (χ2v) is 7.39. The Kier molecular flexibility index (Phi) is 4.79.